The van der Waals surface area contributed by atoms with E-state index >= 15 is 0 Å². The molecule has 6 heteroatoms. The Morgan fingerprint density at radius 2 is 1.60 bits per heavy atom. The van der Waals surface area contributed by atoms with Crippen molar-refractivity contribution in [2.75, 3.05) is 35.0 Å². The van der Waals surface area contributed by atoms with Crippen molar-refractivity contribution in [1.29, 1.82) is 0 Å². The lowest BCUT2D eigenvalue weighted by atomic mass is 9.88. The number of rotatable bonds is 5. The molecule has 3 rings (SSSR count). The highest BCUT2D eigenvalue weighted by molar-refractivity contribution is 6.06. The Hall–Kier alpha value is -2.89. The molecule has 1 atom stereocenters. The molecule has 132 valence electrons. The largest absolute Gasteiger partial charge is 0.496 e. The van der Waals surface area contributed by atoms with Crippen LogP contribution in [0.2, 0.25) is 0 Å². The van der Waals surface area contributed by atoms with Crippen LogP contribution in [0.3, 0.4) is 0 Å². The van der Waals surface area contributed by atoms with E-state index in [2.05, 4.69) is 0 Å². The van der Waals surface area contributed by atoms with Gasteiger partial charge < -0.3 is 23.7 Å². The second kappa shape index (κ2) is 6.93. The smallest absolute Gasteiger partial charge is 0.181 e. The van der Waals surface area contributed by atoms with Crippen LogP contribution in [0.4, 0.5) is 0 Å². The van der Waals surface area contributed by atoms with Crippen LogP contribution in [-0.2, 0) is 0 Å². The summed E-state index contributed by atoms with van der Waals surface area (Å²) >= 11 is 0. The van der Waals surface area contributed by atoms with Crippen molar-refractivity contribution in [1.82, 2.24) is 0 Å². The lowest BCUT2D eigenvalue weighted by Crippen LogP contribution is -2.26. The van der Waals surface area contributed by atoms with Crippen LogP contribution in [0, 0.1) is 0 Å². The Kier molecular flexibility index (Phi) is 4.70. The zero-order valence-electron chi connectivity index (χ0n) is 14.6. The molecule has 2 aromatic rings. The Balaban J connectivity index is 2.02. The number of Topliss-reactive ketones (excluding diaryl/α,β-unsaturated/α-hetero) is 1. The van der Waals surface area contributed by atoms with Crippen molar-refractivity contribution in [2.45, 2.75) is 5.92 Å². The summed E-state index contributed by atoms with van der Waals surface area (Å²) in [5, 5.41) is 0. The monoisotopic (exact) mass is 344 g/mol. The summed E-state index contributed by atoms with van der Waals surface area (Å²) in [4.78, 5) is 13.1. The highest BCUT2D eigenvalue weighted by Crippen LogP contribution is 2.42. The second-order valence-electron chi connectivity index (χ2n) is 5.55. The van der Waals surface area contributed by atoms with E-state index in [1.54, 1.807) is 45.6 Å². The maximum atomic E-state index is 13.1. The van der Waals surface area contributed by atoms with E-state index in [9.17, 15) is 4.79 Å². The van der Waals surface area contributed by atoms with Gasteiger partial charge in [-0.1, -0.05) is 6.07 Å². The normalized spacial score (nSPS) is 15.8. The number of benzene rings is 2. The van der Waals surface area contributed by atoms with Crippen LogP contribution >= 0.6 is 0 Å². The van der Waals surface area contributed by atoms with Gasteiger partial charge in [0.25, 0.3) is 0 Å². The van der Waals surface area contributed by atoms with Gasteiger partial charge in [-0.2, -0.15) is 0 Å². The number of hydrogen-bond donors (Lipinski definition) is 0. The van der Waals surface area contributed by atoms with Gasteiger partial charge in [0.05, 0.1) is 34.4 Å². The van der Waals surface area contributed by atoms with Gasteiger partial charge in [-0.3, -0.25) is 4.79 Å². The minimum Gasteiger partial charge on any atom is -0.496 e. The molecule has 0 aromatic heterocycles. The number of carbonyl (C=O) groups excluding carboxylic acids is 1. The van der Waals surface area contributed by atoms with Gasteiger partial charge in [0.2, 0.25) is 0 Å². The van der Waals surface area contributed by atoms with Crippen molar-refractivity contribution in [3.05, 3.63) is 41.5 Å². The first-order chi connectivity index (χ1) is 12.1. The zero-order chi connectivity index (χ0) is 18.0. The average Bonchev–Trinajstić information content (AvgIpc) is 2.66. The Morgan fingerprint density at radius 3 is 2.24 bits per heavy atom. The molecule has 0 amide bonds. The topological polar surface area (TPSA) is 63.2 Å². The van der Waals surface area contributed by atoms with Gasteiger partial charge in [-0.15, -0.1) is 0 Å². The van der Waals surface area contributed by atoms with E-state index in [-0.39, 0.29) is 12.4 Å². The van der Waals surface area contributed by atoms with Gasteiger partial charge in [0.15, 0.2) is 17.3 Å². The zero-order valence-corrected chi connectivity index (χ0v) is 14.6. The van der Waals surface area contributed by atoms with E-state index in [4.69, 9.17) is 23.7 Å². The van der Waals surface area contributed by atoms with Crippen molar-refractivity contribution in [3.8, 4) is 28.7 Å². The molecule has 0 radical (unpaired) electrons. The first kappa shape index (κ1) is 17.0. The fourth-order valence-corrected chi connectivity index (χ4v) is 2.94. The summed E-state index contributed by atoms with van der Waals surface area (Å²) in [5.74, 6) is 2.15. The summed E-state index contributed by atoms with van der Waals surface area (Å²) in [7, 11) is 6.20. The lowest BCUT2D eigenvalue weighted by molar-refractivity contribution is 0.0891. The fraction of sp³-hybridized carbons (Fsp3) is 0.316. The molecule has 0 saturated heterocycles. The average molecular weight is 344 g/mol. The van der Waals surface area contributed by atoms with Gasteiger partial charge >= 0.3 is 0 Å². The molecule has 1 aliphatic rings. The lowest BCUT2D eigenvalue weighted by Gasteiger charge is -2.26. The molecular formula is C19H20O6. The highest BCUT2D eigenvalue weighted by Gasteiger charge is 2.34. The number of ether oxygens (including phenoxy) is 5. The third-order valence-corrected chi connectivity index (χ3v) is 4.27. The maximum absolute atomic E-state index is 13.1. The second-order valence-corrected chi connectivity index (χ2v) is 5.55. The van der Waals surface area contributed by atoms with Crippen molar-refractivity contribution in [2.24, 2.45) is 0 Å². The van der Waals surface area contributed by atoms with Crippen molar-refractivity contribution < 1.29 is 28.5 Å². The predicted molar refractivity (Wildman–Crippen MR) is 91.7 cm³/mol. The maximum Gasteiger partial charge on any atom is 0.181 e. The van der Waals surface area contributed by atoms with E-state index in [1.165, 1.54) is 7.11 Å². The molecule has 0 N–H and O–H groups in total. The minimum absolute atomic E-state index is 0.0621. The van der Waals surface area contributed by atoms with E-state index < -0.39 is 5.92 Å². The summed E-state index contributed by atoms with van der Waals surface area (Å²) in [5.41, 5.74) is 1.22. The molecule has 0 bridgehead atoms. The summed E-state index contributed by atoms with van der Waals surface area (Å²) in [6.07, 6.45) is 0. The third kappa shape index (κ3) is 2.95. The number of hydrogen-bond acceptors (Lipinski definition) is 6. The molecule has 6 nitrogen and oxygen atoms in total. The van der Waals surface area contributed by atoms with Crippen LogP contribution in [0.15, 0.2) is 30.3 Å². The highest BCUT2D eigenvalue weighted by atomic mass is 16.5. The predicted octanol–water partition coefficient (Wildman–Crippen LogP) is 3.08. The number of carbonyl (C=O) groups is 1. The quantitative estimate of drug-likeness (QED) is 0.831. The Bertz CT molecular complexity index is 781. The third-order valence-electron chi connectivity index (χ3n) is 4.27. The van der Waals surface area contributed by atoms with Crippen LogP contribution < -0.4 is 23.7 Å². The van der Waals surface area contributed by atoms with Gasteiger partial charge in [-0.05, 0) is 17.7 Å². The standard InChI is InChI=1S/C19H20O6/c1-21-12-8-16(24-4)18-17(9-12)25-10-13(19(18)20)11-5-6-14(22-2)15(7-11)23-3/h5-9,13H,10H2,1-4H3/t13-/m1/s1. The fourth-order valence-electron chi connectivity index (χ4n) is 2.94. The Morgan fingerprint density at radius 1 is 0.880 bits per heavy atom. The molecule has 0 saturated carbocycles. The minimum atomic E-state index is -0.449. The summed E-state index contributed by atoms with van der Waals surface area (Å²) < 4.78 is 27.0. The molecule has 25 heavy (non-hydrogen) atoms. The summed E-state index contributed by atoms with van der Waals surface area (Å²) in [6, 6.07) is 8.79. The molecule has 0 spiro atoms. The molecule has 1 heterocycles. The van der Waals surface area contributed by atoms with Crippen LogP contribution in [0.25, 0.3) is 0 Å². The SMILES string of the molecule is COc1cc(OC)c2c(c1)OC[C@H](c1ccc(OC)c(OC)c1)C2=O. The molecule has 0 unspecified atom stereocenters. The summed E-state index contributed by atoms with van der Waals surface area (Å²) in [6.45, 7) is 0.234. The van der Waals surface area contributed by atoms with Gasteiger partial charge in [0.1, 0.15) is 29.4 Å². The molecular weight excluding hydrogens is 324 g/mol. The first-order valence-electron chi connectivity index (χ1n) is 7.77. The van der Waals surface area contributed by atoms with Crippen molar-refractivity contribution >= 4 is 5.78 Å². The van der Waals surface area contributed by atoms with Crippen molar-refractivity contribution in [3.63, 3.8) is 0 Å². The van der Waals surface area contributed by atoms with Gasteiger partial charge in [0, 0.05) is 12.1 Å². The van der Waals surface area contributed by atoms with Crippen LogP contribution in [0.1, 0.15) is 21.8 Å². The van der Waals surface area contributed by atoms with Crippen LogP contribution in [0.5, 0.6) is 28.7 Å². The number of fused-ring (bicyclic) bond motifs is 1. The van der Waals surface area contributed by atoms with E-state index in [0.29, 0.717) is 34.3 Å². The molecule has 0 aliphatic carbocycles. The number of methoxy groups -OCH3 is 4. The van der Waals surface area contributed by atoms with E-state index in [0.717, 1.165) is 5.56 Å². The van der Waals surface area contributed by atoms with Gasteiger partial charge in [-0.25, -0.2) is 0 Å². The Labute approximate surface area is 146 Å². The van der Waals surface area contributed by atoms with E-state index in [1.807, 2.05) is 6.07 Å². The molecule has 2 aromatic carbocycles. The first-order valence-corrected chi connectivity index (χ1v) is 7.77. The van der Waals surface area contributed by atoms with Crippen LogP contribution in [-0.4, -0.2) is 40.8 Å². The number of ketones is 1. The molecule has 1 aliphatic heterocycles. The molecule has 0 fully saturated rings.